The molecule has 468 valence electrons. The molecule has 1 aliphatic carbocycles. The van der Waals surface area contributed by atoms with Gasteiger partial charge in [0, 0.05) is 77.0 Å². The van der Waals surface area contributed by atoms with Crippen LogP contribution in [0.2, 0.25) is 0 Å². The quantitative estimate of drug-likeness (QED) is 0.118. The van der Waals surface area contributed by atoms with E-state index in [1.54, 1.807) is 12.1 Å². The predicted octanol–water partition coefficient (Wildman–Crippen LogP) is 22.7. The van der Waals surface area contributed by atoms with E-state index in [0.717, 1.165) is 77.4 Å². The van der Waals surface area contributed by atoms with Gasteiger partial charge in [-0.3, -0.25) is 4.57 Å². The molecule has 15 aromatic rings. The summed E-state index contributed by atoms with van der Waals surface area (Å²) in [5, 5.41) is 3.77. The molecule has 5 heterocycles. The van der Waals surface area contributed by atoms with Crippen molar-refractivity contribution in [2.75, 3.05) is 0 Å². The summed E-state index contributed by atoms with van der Waals surface area (Å²) in [7, 11) is 0. The van der Waals surface area contributed by atoms with Gasteiger partial charge >= 0.3 is 0 Å². The molecular weight excluding hydrogens is 1340 g/mol. The number of benzene rings is 11. The number of aromatic nitrogens is 4. The van der Waals surface area contributed by atoms with Crippen molar-refractivity contribution >= 4 is 54.8 Å². The maximum atomic E-state index is 10.3. The molecule has 0 atom stereocenters. The number of fused-ring (bicyclic) bond motifs is 14. The van der Waals surface area contributed by atoms with E-state index >= 15 is 0 Å². The Labute approximate surface area is 597 Å². The van der Waals surface area contributed by atoms with Crippen molar-refractivity contribution in [2.24, 2.45) is 0 Å². The van der Waals surface area contributed by atoms with E-state index in [1.165, 1.54) is 6.07 Å². The van der Waals surface area contributed by atoms with Gasteiger partial charge in [-0.1, -0.05) is 220 Å². The second-order valence-corrected chi connectivity index (χ2v) is 26.6. The molecule has 1 aliphatic heterocycles. The molecule has 0 unspecified atom stereocenters. The van der Waals surface area contributed by atoms with Crippen molar-refractivity contribution in [3.63, 3.8) is 0 Å². The van der Waals surface area contributed by atoms with Crippen LogP contribution in [-0.2, 0) is 42.7 Å². The Hall–Kier alpha value is -9.87. The SMILES string of the molecule is [2H]c1c([2H])c2c(c([2H])c1-c1ccc3c(c1)-c1cccc(-c4ccc(C(C)(C)C)cc4)c1-[n+]1[c-]n(-c4[c-]c(Oc5[c-]c6c(cc5)c5ccccc5n6-c5cc(C(C)(C)C)ccn5)ccc4)c4cc(-c5ccc6oc7ccccc7c6c5)cc(c41)-c1ccccc1-3)C(C([2H])([2H])[2H])(C([2H])([2H])[2H])C([2H])([2H])C([2H])([2H])C2(C([2H])([2H])[2H])C([2H])([2H])[2H].[Pt]. The first kappa shape index (κ1) is 42.5. The van der Waals surface area contributed by atoms with Gasteiger partial charge in [-0.2, -0.15) is 18.2 Å². The third kappa shape index (κ3) is 10.0. The molecule has 0 radical (unpaired) electrons. The molecule has 0 N–H and O–H groups in total. The standard InChI is InChI=1S/C88H72N4O2.Pt/c1-85(2,3)59-34-29-54(30-35-59)64-25-18-26-71-72-45-55(57-32-39-75-76(48-57)88(9,10)43-42-87(75,7)8)31-37-67(72)65-21-11-12-22-66(65)74-47-58(56-33-40-81-73(46-56)70-24-14-16-28-80(70)94-81)49-79-84(74)91(83(64)71)53-90(79)61-19-17-20-62(51-61)93-63-36-38-69-68-23-13-15-27-77(68)92(78(69)52-63)82-50-60(41-44-89-82)86(4,5)6;/h11-41,44-50H,42-43H2,1-10H3;/q-2;/i7D3,8D3,9D3,10D3,32D,39D,42D2,43D2,48D;. The van der Waals surface area contributed by atoms with E-state index in [2.05, 4.69) is 113 Å². The fourth-order valence-electron chi connectivity index (χ4n) is 13.7. The molecule has 7 heteroatoms. The van der Waals surface area contributed by atoms with Crippen LogP contribution in [0.3, 0.4) is 0 Å². The maximum Gasteiger partial charge on any atom is 0.268 e. The Bertz CT molecular complexity index is 6480. The van der Waals surface area contributed by atoms with Crippen LogP contribution in [0.5, 0.6) is 11.5 Å². The number of para-hydroxylation sites is 3. The average molecular weight is 1430 g/mol. The largest absolute Gasteiger partial charge is 0.510 e. The van der Waals surface area contributed by atoms with Gasteiger partial charge in [0.1, 0.15) is 17.0 Å². The molecule has 0 bridgehead atoms. The third-order valence-corrected chi connectivity index (χ3v) is 18.5. The molecule has 6 nitrogen and oxygen atoms in total. The molecule has 0 saturated heterocycles. The molecule has 4 aromatic heterocycles. The minimum atomic E-state index is -4.52. The monoisotopic (exact) mass is 1430 g/mol. The van der Waals surface area contributed by atoms with E-state index in [9.17, 15) is 9.60 Å². The number of hydrogen-bond donors (Lipinski definition) is 0. The van der Waals surface area contributed by atoms with Crippen LogP contribution in [0.4, 0.5) is 0 Å². The van der Waals surface area contributed by atoms with Crippen molar-refractivity contribution in [2.45, 2.75) is 103 Å². The first-order valence-corrected chi connectivity index (χ1v) is 31.3. The summed E-state index contributed by atoms with van der Waals surface area (Å²) >= 11 is 0. The van der Waals surface area contributed by atoms with Gasteiger partial charge in [0.25, 0.3) is 6.33 Å². The zero-order valence-corrected chi connectivity index (χ0v) is 54.9. The summed E-state index contributed by atoms with van der Waals surface area (Å²) < 4.78 is 196. The maximum absolute atomic E-state index is 10.3. The Morgan fingerprint density at radius 1 is 0.516 bits per heavy atom. The summed E-state index contributed by atoms with van der Waals surface area (Å²) in [6, 6.07) is 69.8. The number of ether oxygens (including phenoxy) is 1. The number of hydrogen-bond acceptors (Lipinski definition) is 3. The van der Waals surface area contributed by atoms with Gasteiger partial charge in [0.2, 0.25) is 0 Å². The number of furan rings is 1. The summed E-state index contributed by atoms with van der Waals surface area (Å²) in [5.41, 5.74) is 1.17. The smallest absolute Gasteiger partial charge is 0.268 e. The van der Waals surface area contributed by atoms with Crippen molar-refractivity contribution < 1.29 is 60.8 Å². The summed E-state index contributed by atoms with van der Waals surface area (Å²) in [6.45, 7) is -4.11. The number of rotatable bonds is 7. The van der Waals surface area contributed by atoms with Crippen LogP contribution >= 0.6 is 0 Å². The number of imidazole rings is 1. The summed E-state index contributed by atoms with van der Waals surface area (Å²) in [4.78, 5) is 4.90. The van der Waals surface area contributed by atoms with Crippen LogP contribution in [0, 0.1) is 18.5 Å². The van der Waals surface area contributed by atoms with E-state index in [-0.39, 0.29) is 37.5 Å². The molecule has 0 saturated carbocycles. The Kier molecular flexibility index (Phi) is 9.88. The van der Waals surface area contributed by atoms with Crippen LogP contribution in [0.25, 0.3) is 139 Å². The molecule has 0 spiro atoms. The molecule has 0 fully saturated rings. The first-order chi connectivity index (χ1) is 53.1. The third-order valence-electron chi connectivity index (χ3n) is 18.5. The minimum absolute atomic E-state index is 0. The van der Waals surface area contributed by atoms with Crippen molar-refractivity contribution in [3.8, 4) is 95.5 Å². The van der Waals surface area contributed by atoms with Crippen LogP contribution < -0.4 is 9.30 Å². The first-order valence-electron chi connectivity index (χ1n) is 40.8. The summed E-state index contributed by atoms with van der Waals surface area (Å²) in [5.74, 6) is 1.46. The van der Waals surface area contributed by atoms with Crippen LogP contribution in [0.1, 0.15) is 130 Å². The second-order valence-electron chi connectivity index (χ2n) is 26.6. The van der Waals surface area contributed by atoms with Crippen molar-refractivity contribution in [1.82, 2.24) is 14.1 Å². The van der Waals surface area contributed by atoms with Gasteiger partial charge in [-0.25, -0.2) is 4.98 Å². The van der Waals surface area contributed by atoms with Crippen LogP contribution in [0.15, 0.2) is 235 Å². The van der Waals surface area contributed by atoms with Gasteiger partial charge in [0.05, 0.1) is 20.8 Å². The Morgan fingerprint density at radius 3 is 1.97 bits per heavy atom. The summed E-state index contributed by atoms with van der Waals surface area (Å²) in [6.07, 6.45) is -3.33. The Balaban J connectivity index is 0.00000979. The zero-order valence-electron chi connectivity index (χ0n) is 71.6. The fraction of sp³-hybridized carbons (Fsp3) is 0.182. The van der Waals surface area contributed by atoms with Gasteiger partial charge in [-0.15, -0.1) is 29.7 Å². The fourth-order valence-corrected chi connectivity index (χ4v) is 13.7. The minimum Gasteiger partial charge on any atom is -0.510 e. The predicted molar refractivity (Wildman–Crippen MR) is 386 cm³/mol. The zero-order chi connectivity index (χ0) is 80.4. The molecule has 17 rings (SSSR count). The van der Waals surface area contributed by atoms with E-state index in [1.807, 2.05) is 155 Å². The average Bonchev–Trinajstić information content (AvgIpc) is 0.752. The van der Waals surface area contributed by atoms with Gasteiger partial charge < -0.3 is 18.3 Å². The van der Waals surface area contributed by atoms with Crippen molar-refractivity contribution in [1.29, 1.82) is 0 Å². The number of nitrogens with zero attached hydrogens (tertiary/aromatic N) is 4. The van der Waals surface area contributed by atoms with Gasteiger partial charge in [-0.05, 0) is 183 Å². The molecule has 0 amide bonds. The van der Waals surface area contributed by atoms with Crippen LogP contribution in [-0.4, -0.2) is 14.1 Å². The van der Waals surface area contributed by atoms with Crippen molar-refractivity contribution in [3.05, 3.63) is 271 Å². The molecular formula is C88H72N4O2Pt-2. The normalized spacial score (nSPS) is 18.5. The molecule has 95 heavy (non-hydrogen) atoms. The topological polar surface area (TPSA) is 49.0 Å². The second kappa shape index (κ2) is 22.1. The van der Waals surface area contributed by atoms with E-state index < -0.39 is 85.8 Å². The number of pyridine rings is 1. The van der Waals surface area contributed by atoms with E-state index in [4.69, 9.17) is 30.6 Å². The molecule has 11 aromatic carbocycles. The molecule has 2 aliphatic rings. The van der Waals surface area contributed by atoms with E-state index in [0.29, 0.717) is 72.9 Å². The Morgan fingerprint density at radius 2 is 1.17 bits per heavy atom. The van der Waals surface area contributed by atoms with Gasteiger partial charge in [0.15, 0.2) is 0 Å².